The number of aryl methyl sites for hydroxylation is 2. The average Bonchev–Trinajstić information content (AvgIpc) is 3.24. The summed E-state index contributed by atoms with van der Waals surface area (Å²) >= 11 is 1.35. The maximum absolute atomic E-state index is 13.4. The van der Waals surface area contributed by atoms with Gasteiger partial charge in [-0.3, -0.25) is 9.59 Å². The summed E-state index contributed by atoms with van der Waals surface area (Å²) in [7, 11) is 0. The highest BCUT2D eigenvalue weighted by atomic mass is 32.1. The molecule has 0 unspecified atom stereocenters. The number of carbonyl (C=O) groups is 2. The Hall–Kier alpha value is -3.70. The van der Waals surface area contributed by atoms with E-state index in [9.17, 15) is 9.59 Å². The average molecular weight is 441 g/mol. The van der Waals surface area contributed by atoms with Gasteiger partial charge in [-0.05, 0) is 48.7 Å². The second-order valence-electron chi connectivity index (χ2n) is 7.54. The minimum absolute atomic E-state index is 0.243. The van der Waals surface area contributed by atoms with Crippen molar-refractivity contribution in [2.24, 2.45) is 0 Å². The first-order valence-electron chi connectivity index (χ1n) is 10.5. The Morgan fingerprint density at radius 1 is 0.812 bits per heavy atom. The molecule has 0 spiro atoms. The number of amides is 2. The fourth-order valence-corrected chi connectivity index (χ4v) is 4.36. The molecule has 0 atom stereocenters. The van der Waals surface area contributed by atoms with Crippen LogP contribution in [0.15, 0.2) is 84.2 Å². The maximum Gasteiger partial charge on any atom is 0.259 e. The lowest BCUT2D eigenvalue weighted by Crippen LogP contribution is -2.17. The van der Waals surface area contributed by atoms with Crippen molar-refractivity contribution < 1.29 is 9.59 Å². The molecular formula is C27H24N2O2S. The minimum atomic E-state index is -0.256. The van der Waals surface area contributed by atoms with E-state index in [1.54, 1.807) is 12.1 Å². The highest BCUT2D eigenvalue weighted by molar-refractivity contribution is 7.15. The van der Waals surface area contributed by atoms with Gasteiger partial charge in [0.2, 0.25) is 0 Å². The van der Waals surface area contributed by atoms with Crippen LogP contribution in [0.2, 0.25) is 0 Å². The van der Waals surface area contributed by atoms with Crippen LogP contribution in [0.5, 0.6) is 0 Å². The molecule has 0 bridgehead atoms. The molecule has 1 aromatic heterocycles. The van der Waals surface area contributed by atoms with Crippen LogP contribution >= 0.6 is 11.3 Å². The molecule has 0 aliphatic carbocycles. The first-order chi connectivity index (χ1) is 15.5. The molecule has 1 heterocycles. The predicted molar refractivity (Wildman–Crippen MR) is 133 cm³/mol. The fraction of sp³-hybridized carbons (Fsp3) is 0.111. The van der Waals surface area contributed by atoms with Gasteiger partial charge in [0.25, 0.3) is 11.8 Å². The third-order valence-electron chi connectivity index (χ3n) is 5.26. The fourth-order valence-electron chi connectivity index (χ4n) is 3.40. The summed E-state index contributed by atoms with van der Waals surface area (Å²) < 4.78 is 0. The number of hydrogen-bond donors (Lipinski definition) is 2. The first kappa shape index (κ1) is 21.5. The van der Waals surface area contributed by atoms with Crippen molar-refractivity contribution >= 4 is 33.8 Å². The van der Waals surface area contributed by atoms with E-state index < -0.39 is 0 Å². The Morgan fingerprint density at radius 2 is 1.50 bits per heavy atom. The minimum Gasteiger partial charge on any atom is -0.322 e. The Bertz CT molecular complexity index is 1230. The summed E-state index contributed by atoms with van der Waals surface area (Å²) in [4.78, 5) is 26.2. The van der Waals surface area contributed by atoms with Crippen LogP contribution in [-0.4, -0.2) is 11.8 Å². The third kappa shape index (κ3) is 4.79. The van der Waals surface area contributed by atoms with Crippen LogP contribution in [0.25, 0.3) is 11.1 Å². The highest BCUT2D eigenvalue weighted by Crippen LogP contribution is 2.36. The normalized spacial score (nSPS) is 10.6. The van der Waals surface area contributed by atoms with Gasteiger partial charge in [0.05, 0.1) is 5.56 Å². The molecule has 32 heavy (non-hydrogen) atoms. The molecule has 2 amide bonds. The van der Waals surface area contributed by atoms with Gasteiger partial charge in [-0.1, -0.05) is 67.1 Å². The molecule has 160 valence electrons. The van der Waals surface area contributed by atoms with E-state index in [-0.39, 0.29) is 11.8 Å². The van der Waals surface area contributed by atoms with E-state index in [1.807, 2.05) is 79.0 Å². The lowest BCUT2D eigenvalue weighted by atomic mass is 10.0. The molecule has 0 fully saturated rings. The Morgan fingerprint density at radius 3 is 2.16 bits per heavy atom. The van der Waals surface area contributed by atoms with Gasteiger partial charge in [0.1, 0.15) is 5.00 Å². The van der Waals surface area contributed by atoms with Crippen molar-refractivity contribution in [3.8, 4) is 11.1 Å². The van der Waals surface area contributed by atoms with Gasteiger partial charge >= 0.3 is 0 Å². The number of nitrogens with one attached hydrogen (secondary N) is 2. The van der Waals surface area contributed by atoms with Crippen molar-refractivity contribution in [3.05, 3.63) is 106 Å². The van der Waals surface area contributed by atoms with Crippen LogP contribution in [-0.2, 0) is 6.42 Å². The Kier molecular flexibility index (Phi) is 6.47. The molecule has 0 radical (unpaired) electrons. The van der Waals surface area contributed by atoms with E-state index in [1.165, 1.54) is 16.9 Å². The van der Waals surface area contributed by atoms with Gasteiger partial charge in [-0.15, -0.1) is 11.3 Å². The molecule has 4 rings (SSSR count). The standard InChI is InChI=1S/C27H24N2O2S/c1-3-19-11-15-22(16-12-19)28-26(31)24-23(20-7-5-4-6-8-20)17-32-27(24)29-25(30)21-13-9-18(2)10-14-21/h4-17H,3H2,1-2H3,(H,28,31)(H,29,30). The highest BCUT2D eigenvalue weighted by Gasteiger charge is 2.22. The summed E-state index contributed by atoms with van der Waals surface area (Å²) in [5.74, 6) is -0.499. The zero-order chi connectivity index (χ0) is 22.5. The molecule has 0 saturated heterocycles. The number of thiophene rings is 1. The molecular weight excluding hydrogens is 416 g/mol. The van der Waals surface area contributed by atoms with E-state index >= 15 is 0 Å². The second-order valence-corrected chi connectivity index (χ2v) is 8.42. The van der Waals surface area contributed by atoms with Crippen molar-refractivity contribution in [2.75, 3.05) is 10.6 Å². The van der Waals surface area contributed by atoms with Gasteiger partial charge in [-0.25, -0.2) is 0 Å². The monoisotopic (exact) mass is 440 g/mol. The third-order valence-corrected chi connectivity index (χ3v) is 6.16. The molecule has 4 aromatic rings. The molecule has 3 aromatic carbocycles. The number of carbonyl (C=O) groups excluding carboxylic acids is 2. The van der Waals surface area contributed by atoms with Crippen LogP contribution < -0.4 is 10.6 Å². The van der Waals surface area contributed by atoms with Crippen molar-refractivity contribution in [3.63, 3.8) is 0 Å². The van der Waals surface area contributed by atoms with Crippen LogP contribution in [0.4, 0.5) is 10.7 Å². The number of anilines is 2. The van der Waals surface area contributed by atoms with E-state index in [0.29, 0.717) is 21.8 Å². The summed E-state index contributed by atoms with van der Waals surface area (Å²) in [6, 6.07) is 24.9. The Labute approximate surface area is 191 Å². The van der Waals surface area contributed by atoms with E-state index in [2.05, 4.69) is 17.6 Å². The van der Waals surface area contributed by atoms with Gasteiger partial charge in [-0.2, -0.15) is 0 Å². The second kappa shape index (κ2) is 9.62. The summed E-state index contributed by atoms with van der Waals surface area (Å²) in [5, 5.41) is 8.36. The quantitative estimate of drug-likeness (QED) is 0.347. The predicted octanol–water partition coefficient (Wildman–Crippen LogP) is 6.79. The number of rotatable bonds is 6. The van der Waals surface area contributed by atoms with E-state index in [0.717, 1.165) is 23.1 Å². The smallest absolute Gasteiger partial charge is 0.259 e. The zero-order valence-electron chi connectivity index (χ0n) is 18.0. The lowest BCUT2D eigenvalue weighted by Gasteiger charge is -2.11. The number of benzene rings is 3. The van der Waals surface area contributed by atoms with Crippen molar-refractivity contribution in [2.45, 2.75) is 20.3 Å². The molecule has 0 aliphatic heterocycles. The van der Waals surface area contributed by atoms with Crippen LogP contribution in [0, 0.1) is 6.92 Å². The molecule has 4 nitrogen and oxygen atoms in total. The molecule has 0 aliphatic rings. The molecule has 2 N–H and O–H groups in total. The maximum atomic E-state index is 13.4. The zero-order valence-corrected chi connectivity index (χ0v) is 18.8. The van der Waals surface area contributed by atoms with Gasteiger partial charge in [0, 0.05) is 22.2 Å². The summed E-state index contributed by atoms with van der Waals surface area (Å²) in [5.41, 5.74) is 5.72. The SMILES string of the molecule is CCc1ccc(NC(=O)c2c(-c3ccccc3)csc2NC(=O)c2ccc(C)cc2)cc1. The van der Waals surface area contributed by atoms with Crippen molar-refractivity contribution in [1.29, 1.82) is 0 Å². The summed E-state index contributed by atoms with van der Waals surface area (Å²) in [6.07, 6.45) is 0.937. The topological polar surface area (TPSA) is 58.2 Å². The summed E-state index contributed by atoms with van der Waals surface area (Å²) in [6.45, 7) is 4.07. The first-order valence-corrected chi connectivity index (χ1v) is 11.4. The van der Waals surface area contributed by atoms with Crippen LogP contribution in [0.1, 0.15) is 38.8 Å². The molecule has 0 saturated carbocycles. The van der Waals surface area contributed by atoms with Gasteiger partial charge < -0.3 is 10.6 Å². The van der Waals surface area contributed by atoms with Crippen molar-refractivity contribution in [1.82, 2.24) is 0 Å². The van der Waals surface area contributed by atoms with Gasteiger partial charge in [0.15, 0.2) is 0 Å². The van der Waals surface area contributed by atoms with Crippen LogP contribution in [0.3, 0.4) is 0 Å². The molecule has 5 heteroatoms. The number of hydrogen-bond acceptors (Lipinski definition) is 3. The lowest BCUT2D eigenvalue weighted by molar-refractivity contribution is 0.102. The van der Waals surface area contributed by atoms with E-state index in [4.69, 9.17) is 0 Å². The largest absolute Gasteiger partial charge is 0.322 e. The Balaban J connectivity index is 1.67.